The summed E-state index contributed by atoms with van der Waals surface area (Å²) in [5.41, 5.74) is -0.478. The Bertz CT molecular complexity index is 812. The first-order chi connectivity index (χ1) is 9.86. The minimum absolute atomic E-state index is 0.0983. The van der Waals surface area contributed by atoms with Gasteiger partial charge in [0.2, 0.25) is 10.0 Å². The van der Waals surface area contributed by atoms with E-state index in [4.69, 9.17) is 16.9 Å². The number of hydrogen-bond donors (Lipinski definition) is 0. The molecule has 0 saturated carbocycles. The van der Waals surface area contributed by atoms with Crippen LogP contribution in [0, 0.1) is 17.1 Å². The van der Waals surface area contributed by atoms with E-state index in [1.165, 1.54) is 30.5 Å². The van der Waals surface area contributed by atoms with Gasteiger partial charge in [0.1, 0.15) is 22.3 Å². The molecule has 0 N–H and O–H groups in total. The van der Waals surface area contributed by atoms with Crippen LogP contribution in [0.3, 0.4) is 0 Å². The molecule has 21 heavy (non-hydrogen) atoms. The van der Waals surface area contributed by atoms with Crippen LogP contribution >= 0.6 is 22.9 Å². The van der Waals surface area contributed by atoms with Gasteiger partial charge in [-0.3, -0.25) is 0 Å². The summed E-state index contributed by atoms with van der Waals surface area (Å²) in [6.07, 6.45) is 0. The molecule has 0 aliphatic heterocycles. The third-order valence-corrected chi connectivity index (χ3v) is 5.84. The second-order valence-corrected chi connectivity index (χ2v) is 8.00. The molecule has 0 saturated heterocycles. The maximum atomic E-state index is 13.6. The third-order valence-electron chi connectivity index (χ3n) is 2.78. The van der Waals surface area contributed by atoms with Crippen LogP contribution < -0.4 is 0 Å². The predicted molar refractivity (Wildman–Crippen MR) is 79.1 cm³/mol. The molecule has 0 unspecified atom stereocenters. The lowest BCUT2D eigenvalue weighted by atomic mass is 10.2. The molecule has 0 aliphatic rings. The Labute approximate surface area is 131 Å². The van der Waals surface area contributed by atoms with Crippen LogP contribution in [0.2, 0.25) is 4.34 Å². The Kier molecular flexibility index (Phi) is 4.64. The van der Waals surface area contributed by atoms with Crippen LogP contribution in [-0.2, 0) is 16.6 Å². The third kappa shape index (κ3) is 3.24. The SMILES string of the molecule is CN(Cc1ccc(Cl)s1)S(=O)(=O)c1cccc(F)c1C#N. The average molecular weight is 345 g/mol. The maximum absolute atomic E-state index is 13.6. The van der Waals surface area contributed by atoms with Crippen molar-refractivity contribution in [3.05, 3.63) is 50.9 Å². The minimum atomic E-state index is -3.96. The van der Waals surface area contributed by atoms with Crippen molar-refractivity contribution in [1.29, 1.82) is 5.26 Å². The van der Waals surface area contributed by atoms with E-state index in [1.807, 2.05) is 0 Å². The number of thiophene rings is 1. The van der Waals surface area contributed by atoms with Gasteiger partial charge in [-0.25, -0.2) is 12.8 Å². The maximum Gasteiger partial charge on any atom is 0.244 e. The van der Waals surface area contributed by atoms with Gasteiger partial charge in [-0.05, 0) is 24.3 Å². The lowest BCUT2D eigenvalue weighted by Crippen LogP contribution is -2.27. The van der Waals surface area contributed by atoms with Crippen LogP contribution in [0.25, 0.3) is 0 Å². The first-order valence-corrected chi connectivity index (χ1v) is 8.39. The number of nitrogens with zero attached hydrogens (tertiary/aromatic N) is 2. The Balaban J connectivity index is 2.38. The van der Waals surface area contributed by atoms with Crippen molar-refractivity contribution in [2.45, 2.75) is 11.4 Å². The molecule has 1 heterocycles. The molecule has 1 aromatic carbocycles. The number of hydrogen-bond acceptors (Lipinski definition) is 4. The standard InChI is InChI=1S/C13H10ClFN2O2S2/c1-17(8-9-5-6-13(14)20-9)21(18,19)12-4-2-3-11(15)10(12)7-16/h2-6H,8H2,1H3. The fourth-order valence-corrected chi connectivity index (χ4v) is 4.26. The van der Waals surface area contributed by atoms with Gasteiger partial charge >= 0.3 is 0 Å². The van der Waals surface area contributed by atoms with Gasteiger partial charge in [0, 0.05) is 18.5 Å². The first kappa shape index (κ1) is 15.9. The number of nitriles is 1. The Morgan fingerprint density at radius 3 is 2.67 bits per heavy atom. The molecule has 0 radical (unpaired) electrons. The number of rotatable bonds is 4. The van der Waals surface area contributed by atoms with Gasteiger partial charge in [-0.2, -0.15) is 9.57 Å². The zero-order valence-corrected chi connectivity index (χ0v) is 13.3. The van der Waals surface area contributed by atoms with Crippen LogP contribution in [0.5, 0.6) is 0 Å². The highest BCUT2D eigenvalue weighted by molar-refractivity contribution is 7.89. The minimum Gasteiger partial charge on any atom is -0.207 e. The smallest absolute Gasteiger partial charge is 0.207 e. The van der Waals surface area contributed by atoms with E-state index in [0.29, 0.717) is 4.34 Å². The van der Waals surface area contributed by atoms with Crippen molar-refractivity contribution >= 4 is 33.0 Å². The van der Waals surface area contributed by atoms with Crippen LogP contribution in [-0.4, -0.2) is 19.8 Å². The van der Waals surface area contributed by atoms with Gasteiger partial charge in [0.05, 0.1) is 4.34 Å². The molecule has 2 rings (SSSR count). The van der Waals surface area contributed by atoms with E-state index in [-0.39, 0.29) is 11.4 Å². The van der Waals surface area contributed by atoms with E-state index in [0.717, 1.165) is 15.2 Å². The first-order valence-electron chi connectivity index (χ1n) is 5.75. The van der Waals surface area contributed by atoms with Crippen molar-refractivity contribution in [2.75, 3.05) is 7.05 Å². The molecule has 0 spiro atoms. The van der Waals surface area contributed by atoms with Crippen molar-refractivity contribution < 1.29 is 12.8 Å². The molecule has 1 aromatic heterocycles. The molecule has 4 nitrogen and oxygen atoms in total. The highest BCUT2D eigenvalue weighted by atomic mass is 35.5. The topological polar surface area (TPSA) is 61.2 Å². The van der Waals surface area contributed by atoms with E-state index >= 15 is 0 Å². The van der Waals surface area contributed by atoms with Crippen molar-refractivity contribution in [3.63, 3.8) is 0 Å². The van der Waals surface area contributed by atoms with Crippen molar-refractivity contribution in [2.24, 2.45) is 0 Å². The average Bonchev–Trinajstić information content (AvgIpc) is 2.83. The summed E-state index contributed by atoms with van der Waals surface area (Å²) >= 11 is 7.06. The Hall–Kier alpha value is -1.46. The van der Waals surface area contributed by atoms with E-state index < -0.39 is 21.4 Å². The largest absolute Gasteiger partial charge is 0.244 e. The monoisotopic (exact) mass is 344 g/mol. The molecular weight excluding hydrogens is 335 g/mol. The van der Waals surface area contributed by atoms with Crippen molar-refractivity contribution in [3.8, 4) is 6.07 Å². The lowest BCUT2D eigenvalue weighted by Gasteiger charge is -2.17. The second kappa shape index (κ2) is 6.12. The molecule has 0 bridgehead atoms. The lowest BCUT2D eigenvalue weighted by molar-refractivity contribution is 0.468. The molecule has 0 aliphatic carbocycles. The van der Waals surface area contributed by atoms with Crippen molar-refractivity contribution in [1.82, 2.24) is 4.31 Å². The van der Waals surface area contributed by atoms with E-state index in [2.05, 4.69) is 0 Å². The van der Waals surface area contributed by atoms with E-state index in [1.54, 1.807) is 18.2 Å². The number of benzene rings is 1. The predicted octanol–water partition coefficient (Wildman–Crippen LogP) is 3.23. The summed E-state index contributed by atoms with van der Waals surface area (Å²) < 4.78 is 40.1. The number of sulfonamides is 1. The van der Waals surface area contributed by atoms with Crippen LogP contribution in [0.1, 0.15) is 10.4 Å². The number of halogens is 2. The normalized spacial score (nSPS) is 11.6. The van der Waals surface area contributed by atoms with E-state index in [9.17, 15) is 12.8 Å². The molecule has 8 heteroatoms. The fraction of sp³-hybridized carbons (Fsp3) is 0.154. The molecule has 110 valence electrons. The highest BCUT2D eigenvalue weighted by Gasteiger charge is 2.26. The summed E-state index contributed by atoms with van der Waals surface area (Å²) in [6.45, 7) is 0.0983. The van der Waals surface area contributed by atoms with Gasteiger partial charge in [0.15, 0.2) is 0 Å². The van der Waals surface area contributed by atoms with Gasteiger partial charge < -0.3 is 0 Å². The van der Waals surface area contributed by atoms with Gasteiger partial charge in [-0.1, -0.05) is 17.7 Å². The quantitative estimate of drug-likeness (QED) is 0.855. The highest BCUT2D eigenvalue weighted by Crippen LogP contribution is 2.26. The Morgan fingerprint density at radius 2 is 2.10 bits per heavy atom. The molecule has 2 aromatic rings. The molecular formula is C13H10ClFN2O2S2. The summed E-state index contributed by atoms with van der Waals surface area (Å²) in [4.78, 5) is 0.413. The van der Waals surface area contributed by atoms with Gasteiger partial charge in [0.25, 0.3) is 0 Å². The zero-order valence-electron chi connectivity index (χ0n) is 10.9. The summed E-state index contributed by atoms with van der Waals surface area (Å²) in [7, 11) is -2.59. The summed E-state index contributed by atoms with van der Waals surface area (Å²) in [6, 6.07) is 8.52. The van der Waals surface area contributed by atoms with Crippen LogP contribution in [0.15, 0.2) is 35.2 Å². The molecule has 0 amide bonds. The summed E-state index contributed by atoms with van der Waals surface area (Å²) in [5, 5.41) is 8.95. The summed E-state index contributed by atoms with van der Waals surface area (Å²) in [5.74, 6) is -0.855. The fourth-order valence-electron chi connectivity index (χ4n) is 1.74. The second-order valence-electron chi connectivity index (χ2n) is 4.19. The molecule has 0 atom stereocenters. The zero-order chi connectivity index (χ0) is 15.6. The van der Waals surface area contributed by atoms with Gasteiger partial charge in [-0.15, -0.1) is 11.3 Å². The Morgan fingerprint density at radius 1 is 1.38 bits per heavy atom. The molecule has 0 fully saturated rings. The van der Waals surface area contributed by atoms with Crippen LogP contribution in [0.4, 0.5) is 4.39 Å².